The molecule has 1 unspecified atom stereocenters. The van der Waals surface area contributed by atoms with E-state index < -0.39 is 12.1 Å². The van der Waals surface area contributed by atoms with Gasteiger partial charge in [0.2, 0.25) is 5.91 Å². The Morgan fingerprint density at radius 2 is 2.31 bits per heavy atom. The summed E-state index contributed by atoms with van der Waals surface area (Å²) in [5.41, 5.74) is 0. The number of aliphatic hydroxyl groups excluding tert-OH is 1. The number of likely N-dealkylation sites (tertiary alicyclic amines) is 1. The monoisotopic (exact) mass is 379 g/mol. The first-order valence-electron chi connectivity index (χ1n) is 8.69. The number of hydrogen-bond acceptors (Lipinski definition) is 5. The maximum atomic E-state index is 12.2. The van der Waals surface area contributed by atoms with E-state index in [9.17, 15) is 14.7 Å². The molecule has 2 atom stereocenters. The summed E-state index contributed by atoms with van der Waals surface area (Å²) in [7, 11) is 0. The van der Waals surface area contributed by atoms with Crippen molar-refractivity contribution in [2.75, 3.05) is 18.1 Å². The number of amides is 1. The molecule has 2 N–H and O–H groups in total. The molecule has 2 heterocycles. The fraction of sp³-hybridized carbons (Fsp3) is 0.474. The molecule has 1 amide bonds. The Bertz CT molecular complexity index is 626. The second kappa shape index (κ2) is 10.9. The lowest BCUT2D eigenvalue weighted by Crippen LogP contribution is -2.42. The van der Waals surface area contributed by atoms with E-state index >= 15 is 0 Å². The average molecular weight is 379 g/mol. The third-order valence-corrected chi connectivity index (χ3v) is 4.94. The number of furan rings is 1. The van der Waals surface area contributed by atoms with Crippen molar-refractivity contribution in [2.24, 2.45) is 0 Å². The maximum Gasteiger partial charge on any atom is 0.313 e. The van der Waals surface area contributed by atoms with Gasteiger partial charge in [-0.05, 0) is 25.0 Å². The van der Waals surface area contributed by atoms with Crippen molar-refractivity contribution >= 4 is 23.6 Å². The minimum absolute atomic E-state index is 0.0289. The van der Waals surface area contributed by atoms with Crippen LogP contribution in [0.4, 0.5) is 0 Å². The Morgan fingerprint density at radius 3 is 3.04 bits per heavy atom. The van der Waals surface area contributed by atoms with Crippen LogP contribution in [0, 0.1) is 0 Å². The van der Waals surface area contributed by atoms with Crippen LogP contribution in [0.2, 0.25) is 0 Å². The van der Waals surface area contributed by atoms with Gasteiger partial charge in [-0.1, -0.05) is 24.3 Å². The Morgan fingerprint density at radius 1 is 1.46 bits per heavy atom. The van der Waals surface area contributed by atoms with E-state index in [0.717, 1.165) is 18.6 Å². The number of carboxylic acid groups (broad SMARTS) is 1. The van der Waals surface area contributed by atoms with Crippen molar-refractivity contribution in [3.8, 4) is 0 Å². The van der Waals surface area contributed by atoms with Crippen LogP contribution in [0.25, 0.3) is 0 Å². The molecule has 7 heteroatoms. The number of carbonyl (C=O) groups excluding carboxylic acids is 1. The first-order chi connectivity index (χ1) is 12.6. The molecule has 0 saturated carbocycles. The normalized spacial score (nSPS) is 19.5. The number of carbonyl (C=O) groups is 2. The van der Waals surface area contributed by atoms with Crippen LogP contribution >= 0.6 is 11.8 Å². The standard InChI is InChI=1S/C19H25NO5S/c21-16(13-17-6-4-11-25-17)9-8-15-5-3-7-18(22)20(15)10-1-2-12-26-14-19(23)24/h1-2,4,6,8-9,11,15-16,21H,3,5,7,10,12-14H2,(H,23,24)/t15-,16?/m1/s1. The average Bonchev–Trinajstić information content (AvgIpc) is 3.10. The minimum Gasteiger partial charge on any atom is -0.481 e. The molecule has 2 rings (SSSR count). The fourth-order valence-electron chi connectivity index (χ4n) is 2.81. The first kappa shape index (κ1) is 20.3. The molecule has 1 aliphatic rings. The highest BCUT2D eigenvalue weighted by Crippen LogP contribution is 2.20. The minimum atomic E-state index is -0.826. The quantitative estimate of drug-likeness (QED) is 0.479. The number of thioether (sulfide) groups is 1. The Labute approximate surface area is 157 Å². The summed E-state index contributed by atoms with van der Waals surface area (Å²) in [6.45, 7) is 0.496. The lowest BCUT2D eigenvalue weighted by atomic mass is 10.00. The molecular weight excluding hydrogens is 354 g/mol. The van der Waals surface area contributed by atoms with E-state index in [1.54, 1.807) is 23.3 Å². The molecule has 0 aliphatic carbocycles. The summed E-state index contributed by atoms with van der Waals surface area (Å²) in [6, 6.07) is 3.58. The van der Waals surface area contributed by atoms with Crippen LogP contribution in [-0.2, 0) is 16.0 Å². The van der Waals surface area contributed by atoms with Crippen molar-refractivity contribution in [3.05, 3.63) is 48.5 Å². The molecule has 6 nitrogen and oxygen atoms in total. The Balaban J connectivity index is 1.84. The van der Waals surface area contributed by atoms with Crippen LogP contribution in [-0.4, -0.2) is 57.2 Å². The Hall–Kier alpha value is -1.99. The molecule has 26 heavy (non-hydrogen) atoms. The molecule has 1 saturated heterocycles. The van der Waals surface area contributed by atoms with Gasteiger partial charge in [0.15, 0.2) is 0 Å². The number of carboxylic acids is 1. The summed E-state index contributed by atoms with van der Waals surface area (Å²) >= 11 is 1.32. The van der Waals surface area contributed by atoms with Gasteiger partial charge in [0.25, 0.3) is 0 Å². The lowest BCUT2D eigenvalue weighted by molar-refractivity contribution is -0.135. The van der Waals surface area contributed by atoms with E-state index in [2.05, 4.69) is 0 Å². The predicted octanol–water partition coefficient (Wildman–Crippen LogP) is 2.49. The third kappa shape index (κ3) is 7.09. The highest BCUT2D eigenvalue weighted by atomic mass is 32.2. The number of rotatable bonds is 10. The molecule has 1 aromatic rings. The zero-order chi connectivity index (χ0) is 18.8. The van der Waals surface area contributed by atoms with Gasteiger partial charge in [0.1, 0.15) is 5.76 Å². The summed E-state index contributed by atoms with van der Waals surface area (Å²) in [4.78, 5) is 24.5. The summed E-state index contributed by atoms with van der Waals surface area (Å²) < 4.78 is 5.23. The number of nitrogens with zero attached hydrogens (tertiary/aromatic N) is 1. The van der Waals surface area contributed by atoms with Crippen molar-refractivity contribution in [1.82, 2.24) is 4.90 Å². The molecule has 1 aliphatic heterocycles. The second-order valence-electron chi connectivity index (χ2n) is 6.12. The van der Waals surface area contributed by atoms with Gasteiger partial charge in [-0.3, -0.25) is 9.59 Å². The van der Waals surface area contributed by atoms with Gasteiger partial charge in [0, 0.05) is 25.1 Å². The zero-order valence-electron chi connectivity index (χ0n) is 14.6. The van der Waals surface area contributed by atoms with Gasteiger partial charge in [-0.25, -0.2) is 0 Å². The van der Waals surface area contributed by atoms with Gasteiger partial charge in [0.05, 0.1) is 24.2 Å². The van der Waals surface area contributed by atoms with Crippen LogP contribution < -0.4 is 0 Å². The SMILES string of the molecule is O=C(O)CSCC=CCN1C(=O)CCC[C@@H]1C=CC(O)Cc1ccco1. The van der Waals surface area contributed by atoms with E-state index in [-0.39, 0.29) is 17.7 Å². The molecule has 0 radical (unpaired) electrons. The zero-order valence-corrected chi connectivity index (χ0v) is 15.4. The van der Waals surface area contributed by atoms with Crippen molar-refractivity contribution in [3.63, 3.8) is 0 Å². The molecule has 1 fully saturated rings. The van der Waals surface area contributed by atoms with Crippen molar-refractivity contribution in [2.45, 2.75) is 37.8 Å². The fourth-order valence-corrected chi connectivity index (χ4v) is 3.38. The van der Waals surface area contributed by atoms with Crippen LogP contribution in [0.15, 0.2) is 47.1 Å². The van der Waals surface area contributed by atoms with E-state index in [4.69, 9.17) is 9.52 Å². The molecule has 0 bridgehead atoms. The van der Waals surface area contributed by atoms with E-state index in [1.165, 1.54) is 11.8 Å². The smallest absolute Gasteiger partial charge is 0.313 e. The highest BCUT2D eigenvalue weighted by Gasteiger charge is 2.25. The molecule has 1 aromatic heterocycles. The molecule has 0 aromatic carbocycles. The van der Waals surface area contributed by atoms with Gasteiger partial charge >= 0.3 is 5.97 Å². The maximum absolute atomic E-state index is 12.2. The van der Waals surface area contributed by atoms with Crippen LogP contribution in [0.5, 0.6) is 0 Å². The summed E-state index contributed by atoms with van der Waals surface area (Å²) in [5, 5.41) is 18.7. The highest BCUT2D eigenvalue weighted by molar-refractivity contribution is 8.00. The third-order valence-electron chi connectivity index (χ3n) is 4.07. The van der Waals surface area contributed by atoms with E-state index in [0.29, 0.717) is 25.1 Å². The first-order valence-corrected chi connectivity index (χ1v) is 9.84. The van der Waals surface area contributed by atoms with Crippen LogP contribution in [0.3, 0.4) is 0 Å². The number of aliphatic hydroxyl groups is 1. The largest absolute Gasteiger partial charge is 0.481 e. The molecule has 0 spiro atoms. The van der Waals surface area contributed by atoms with Crippen molar-refractivity contribution < 1.29 is 24.2 Å². The van der Waals surface area contributed by atoms with Gasteiger partial charge < -0.3 is 19.5 Å². The Kier molecular flexibility index (Phi) is 8.50. The van der Waals surface area contributed by atoms with Crippen LogP contribution in [0.1, 0.15) is 25.0 Å². The van der Waals surface area contributed by atoms with Gasteiger partial charge in [-0.2, -0.15) is 0 Å². The van der Waals surface area contributed by atoms with E-state index in [1.807, 2.05) is 24.3 Å². The number of aliphatic carboxylic acids is 1. The topological polar surface area (TPSA) is 91.0 Å². The second-order valence-corrected chi connectivity index (χ2v) is 7.15. The summed E-state index contributed by atoms with van der Waals surface area (Å²) in [5.74, 6) is 0.686. The number of piperidine rings is 1. The lowest BCUT2D eigenvalue weighted by Gasteiger charge is -2.33. The number of hydrogen-bond donors (Lipinski definition) is 2. The van der Waals surface area contributed by atoms with Gasteiger partial charge in [-0.15, -0.1) is 11.8 Å². The van der Waals surface area contributed by atoms with Crippen molar-refractivity contribution in [1.29, 1.82) is 0 Å². The molecular formula is C19H25NO5S. The predicted molar refractivity (Wildman–Crippen MR) is 101 cm³/mol. The summed E-state index contributed by atoms with van der Waals surface area (Å²) in [6.07, 6.45) is 11.0. The molecule has 142 valence electrons.